The van der Waals surface area contributed by atoms with Crippen molar-refractivity contribution in [2.75, 3.05) is 20.1 Å². The SMILES string of the molecule is CNC1CCN(C(C)C)CCC1C(=O)O. The van der Waals surface area contributed by atoms with Gasteiger partial charge in [0.15, 0.2) is 0 Å². The van der Waals surface area contributed by atoms with Crippen LogP contribution in [0.2, 0.25) is 0 Å². The lowest BCUT2D eigenvalue weighted by atomic mass is 9.95. The fraction of sp³-hybridized carbons (Fsp3) is 0.909. The first-order valence-electron chi connectivity index (χ1n) is 5.70. The van der Waals surface area contributed by atoms with Gasteiger partial charge in [0.2, 0.25) is 0 Å². The molecular weight excluding hydrogens is 192 g/mol. The van der Waals surface area contributed by atoms with E-state index in [1.807, 2.05) is 7.05 Å². The van der Waals surface area contributed by atoms with E-state index >= 15 is 0 Å². The van der Waals surface area contributed by atoms with E-state index < -0.39 is 5.97 Å². The molecule has 1 heterocycles. The van der Waals surface area contributed by atoms with Gasteiger partial charge in [0.05, 0.1) is 5.92 Å². The molecule has 0 aliphatic carbocycles. The summed E-state index contributed by atoms with van der Waals surface area (Å²) in [5, 5.41) is 12.3. The fourth-order valence-electron chi connectivity index (χ4n) is 2.28. The number of likely N-dealkylation sites (tertiary alicyclic amines) is 1. The van der Waals surface area contributed by atoms with Crippen molar-refractivity contribution in [3.8, 4) is 0 Å². The highest BCUT2D eigenvalue weighted by atomic mass is 16.4. The Kier molecular flexibility index (Phi) is 4.54. The molecule has 0 aromatic heterocycles. The summed E-state index contributed by atoms with van der Waals surface area (Å²) in [6, 6.07) is 0.626. The average molecular weight is 214 g/mol. The topological polar surface area (TPSA) is 52.6 Å². The minimum atomic E-state index is -0.667. The van der Waals surface area contributed by atoms with Gasteiger partial charge in [0, 0.05) is 12.1 Å². The van der Waals surface area contributed by atoms with Crippen LogP contribution in [0.3, 0.4) is 0 Å². The molecular formula is C11H22N2O2. The largest absolute Gasteiger partial charge is 0.481 e. The number of carboxylic acids is 1. The summed E-state index contributed by atoms with van der Waals surface area (Å²) in [6.45, 7) is 6.21. The van der Waals surface area contributed by atoms with Crippen molar-refractivity contribution >= 4 is 5.97 Å². The summed E-state index contributed by atoms with van der Waals surface area (Å²) in [6.07, 6.45) is 1.67. The van der Waals surface area contributed by atoms with Gasteiger partial charge in [-0.3, -0.25) is 4.79 Å². The van der Waals surface area contributed by atoms with E-state index in [1.54, 1.807) is 0 Å². The van der Waals surface area contributed by atoms with Crippen LogP contribution in [-0.2, 0) is 4.79 Å². The maximum Gasteiger partial charge on any atom is 0.308 e. The van der Waals surface area contributed by atoms with Gasteiger partial charge in [-0.2, -0.15) is 0 Å². The average Bonchev–Trinajstić information content (AvgIpc) is 2.38. The summed E-state index contributed by atoms with van der Waals surface area (Å²) < 4.78 is 0. The molecule has 1 rings (SSSR count). The standard InChI is InChI=1S/C11H22N2O2/c1-8(2)13-6-4-9(11(14)15)10(12-3)5-7-13/h8-10,12H,4-7H2,1-3H3,(H,14,15). The maximum atomic E-state index is 11.1. The van der Waals surface area contributed by atoms with Crippen LogP contribution in [0.1, 0.15) is 26.7 Å². The lowest BCUT2D eigenvalue weighted by molar-refractivity contribution is -0.142. The predicted octanol–water partition coefficient (Wildman–Crippen LogP) is 0.779. The van der Waals surface area contributed by atoms with Crippen molar-refractivity contribution in [2.45, 2.75) is 38.8 Å². The van der Waals surface area contributed by atoms with Crippen LogP contribution in [0.15, 0.2) is 0 Å². The highest BCUT2D eigenvalue weighted by Gasteiger charge is 2.30. The molecule has 0 amide bonds. The van der Waals surface area contributed by atoms with Gasteiger partial charge in [-0.15, -0.1) is 0 Å². The molecule has 2 unspecified atom stereocenters. The Bertz CT molecular complexity index is 219. The molecule has 4 nitrogen and oxygen atoms in total. The first kappa shape index (κ1) is 12.5. The van der Waals surface area contributed by atoms with Crippen molar-refractivity contribution in [1.29, 1.82) is 0 Å². The molecule has 0 saturated carbocycles. The summed E-state index contributed by atoms with van der Waals surface area (Å²) in [4.78, 5) is 13.4. The third kappa shape index (κ3) is 3.18. The Balaban J connectivity index is 2.64. The quantitative estimate of drug-likeness (QED) is 0.729. The minimum absolute atomic E-state index is 0.117. The number of aliphatic carboxylic acids is 1. The number of nitrogens with one attached hydrogen (secondary N) is 1. The van der Waals surface area contributed by atoms with E-state index in [2.05, 4.69) is 24.1 Å². The molecule has 2 atom stereocenters. The third-order valence-corrected chi connectivity index (χ3v) is 3.36. The van der Waals surface area contributed by atoms with Crippen LogP contribution >= 0.6 is 0 Å². The zero-order valence-electron chi connectivity index (χ0n) is 9.86. The predicted molar refractivity (Wildman–Crippen MR) is 59.9 cm³/mol. The summed E-state index contributed by atoms with van der Waals surface area (Å²) in [5.41, 5.74) is 0. The Hall–Kier alpha value is -0.610. The van der Waals surface area contributed by atoms with Crippen molar-refractivity contribution < 1.29 is 9.90 Å². The Morgan fingerprint density at radius 1 is 1.40 bits per heavy atom. The molecule has 0 spiro atoms. The second kappa shape index (κ2) is 5.47. The van der Waals surface area contributed by atoms with E-state index in [-0.39, 0.29) is 12.0 Å². The molecule has 0 aromatic rings. The smallest absolute Gasteiger partial charge is 0.308 e. The minimum Gasteiger partial charge on any atom is -0.481 e. The van der Waals surface area contributed by atoms with Crippen LogP contribution in [0.25, 0.3) is 0 Å². The highest BCUT2D eigenvalue weighted by Crippen LogP contribution is 2.19. The molecule has 0 aromatic carbocycles. The summed E-state index contributed by atoms with van der Waals surface area (Å²) in [7, 11) is 1.85. The summed E-state index contributed by atoms with van der Waals surface area (Å²) in [5.74, 6) is -0.904. The fourth-order valence-corrected chi connectivity index (χ4v) is 2.28. The van der Waals surface area contributed by atoms with E-state index in [9.17, 15) is 4.79 Å². The van der Waals surface area contributed by atoms with Crippen molar-refractivity contribution in [1.82, 2.24) is 10.2 Å². The first-order chi connectivity index (χ1) is 7.06. The zero-order valence-corrected chi connectivity index (χ0v) is 9.86. The van der Waals surface area contributed by atoms with Crippen LogP contribution in [0.4, 0.5) is 0 Å². The van der Waals surface area contributed by atoms with Gasteiger partial charge in [-0.05, 0) is 46.8 Å². The lowest BCUT2D eigenvalue weighted by Crippen LogP contribution is -2.38. The van der Waals surface area contributed by atoms with E-state index in [0.29, 0.717) is 6.04 Å². The number of nitrogens with zero attached hydrogens (tertiary/aromatic N) is 1. The Labute approximate surface area is 91.6 Å². The molecule has 1 aliphatic heterocycles. The van der Waals surface area contributed by atoms with Crippen LogP contribution in [-0.4, -0.2) is 48.2 Å². The molecule has 0 bridgehead atoms. The van der Waals surface area contributed by atoms with Gasteiger partial charge in [-0.25, -0.2) is 0 Å². The molecule has 15 heavy (non-hydrogen) atoms. The van der Waals surface area contributed by atoms with E-state index in [4.69, 9.17) is 5.11 Å². The highest BCUT2D eigenvalue weighted by molar-refractivity contribution is 5.71. The van der Waals surface area contributed by atoms with Crippen LogP contribution < -0.4 is 5.32 Å². The van der Waals surface area contributed by atoms with Gasteiger partial charge in [0.25, 0.3) is 0 Å². The van der Waals surface area contributed by atoms with Crippen molar-refractivity contribution in [3.05, 3.63) is 0 Å². The van der Waals surface area contributed by atoms with Crippen LogP contribution in [0.5, 0.6) is 0 Å². The van der Waals surface area contributed by atoms with E-state index in [1.165, 1.54) is 0 Å². The second-order valence-electron chi connectivity index (χ2n) is 4.55. The Morgan fingerprint density at radius 2 is 2.00 bits per heavy atom. The molecule has 1 fully saturated rings. The second-order valence-corrected chi connectivity index (χ2v) is 4.55. The van der Waals surface area contributed by atoms with Crippen molar-refractivity contribution in [2.24, 2.45) is 5.92 Å². The number of rotatable bonds is 3. The Morgan fingerprint density at radius 3 is 2.47 bits per heavy atom. The monoisotopic (exact) mass is 214 g/mol. The van der Waals surface area contributed by atoms with Gasteiger partial charge >= 0.3 is 5.97 Å². The number of carbonyl (C=O) groups is 1. The molecule has 1 saturated heterocycles. The maximum absolute atomic E-state index is 11.1. The number of hydrogen-bond acceptors (Lipinski definition) is 3. The van der Waals surface area contributed by atoms with Crippen molar-refractivity contribution in [3.63, 3.8) is 0 Å². The molecule has 0 radical (unpaired) electrons. The van der Waals surface area contributed by atoms with Crippen LogP contribution in [0, 0.1) is 5.92 Å². The number of carboxylic acid groups (broad SMARTS) is 1. The third-order valence-electron chi connectivity index (χ3n) is 3.36. The van der Waals surface area contributed by atoms with Gasteiger partial charge in [-0.1, -0.05) is 0 Å². The van der Waals surface area contributed by atoms with Gasteiger partial charge in [0.1, 0.15) is 0 Å². The lowest BCUT2D eigenvalue weighted by Gasteiger charge is -2.24. The summed E-state index contributed by atoms with van der Waals surface area (Å²) >= 11 is 0. The molecule has 1 aliphatic rings. The molecule has 88 valence electrons. The normalized spacial score (nSPS) is 29.1. The van der Waals surface area contributed by atoms with Gasteiger partial charge < -0.3 is 15.3 Å². The zero-order chi connectivity index (χ0) is 11.4. The molecule has 4 heteroatoms. The molecule has 2 N–H and O–H groups in total. The first-order valence-corrected chi connectivity index (χ1v) is 5.70. The number of hydrogen-bond donors (Lipinski definition) is 2. The van der Waals surface area contributed by atoms with E-state index in [0.717, 1.165) is 25.9 Å².